The largest absolute Gasteiger partial charge is 0.508 e. The van der Waals surface area contributed by atoms with Gasteiger partial charge in [0.15, 0.2) is 0 Å². The number of rotatable bonds is 4. The Hall–Kier alpha value is -2.28. The number of carbonyl (C=O) groups is 1. The number of carbonyl (C=O) groups excluding carboxylic acids is 1. The van der Waals surface area contributed by atoms with Crippen LogP contribution in [0.4, 0.5) is 0 Å². The predicted molar refractivity (Wildman–Crippen MR) is 81.3 cm³/mol. The van der Waals surface area contributed by atoms with Crippen LogP contribution in [0.3, 0.4) is 0 Å². The van der Waals surface area contributed by atoms with E-state index >= 15 is 0 Å². The average molecular weight is 284 g/mol. The third-order valence-electron chi connectivity index (χ3n) is 3.85. The van der Waals surface area contributed by atoms with Crippen molar-refractivity contribution in [1.29, 1.82) is 5.26 Å². The number of nitrogens with one attached hydrogen (secondary N) is 1. The van der Waals surface area contributed by atoms with E-state index in [0.717, 1.165) is 18.4 Å². The van der Waals surface area contributed by atoms with Gasteiger partial charge in [-0.15, -0.1) is 0 Å². The molecule has 110 valence electrons. The lowest BCUT2D eigenvalue weighted by atomic mass is 9.89. The predicted octanol–water partition coefficient (Wildman–Crippen LogP) is 3.00. The van der Waals surface area contributed by atoms with Crippen LogP contribution in [0.15, 0.2) is 29.8 Å². The van der Waals surface area contributed by atoms with Crippen LogP contribution in [0.1, 0.15) is 37.7 Å². The number of aromatic hydroxyl groups is 1. The van der Waals surface area contributed by atoms with Gasteiger partial charge in [-0.1, -0.05) is 31.4 Å². The highest BCUT2D eigenvalue weighted by Crippen LogP contribution is 2.22. The molecule has 0 radical (unpaired) electrons. The number of benzene rings is 1. The molecule has 0 heterocycles. The van der Waals surface area contributed by atoms with Crippen LogP contribution in [0, 0.1) is 17.2 Å². The van der Waals surface area contributed by atoms with Crippen molar-refractivity contribution in [3.8, 4) is 11.8 Å². The zero-order valence-electron chi connectivity index (χ0n) is 12.0. The molecule has 1 amide bonds. The van der Waals surface area contributed by atoms with Crippen molar-refractivity contribution in [3.63, 3.8) is 0 Å². The first kappa shape index (κ1) is 15.1. The minimum absolute atomic E-state index is 0.0940. The minimum Gasteiger partial charge on any atom is -0.508 e. The lowest BCUT2D eigenvalue weighted by molar-refractivity contribution is -0.117. The van der Waals surface area contributed by atoms with Crippen LogP contribution >= 0.6 is 0 Å². The van der Waals surface area contributed by atoms with Crippen molar-refractivity contribution in [3.05, 3.63) is 35.4 Å². The first-order valence-corrected chi connectivity index (χ1v) is 7.38. The summed E-state index contributed by atoms with van der Waals surface area (Å²) in [5.41, 5.74) is 0.814. The Bertz CT molecular complexity index is 549. The summed E-state index contributed by atoms with van der Waals surface area (Å²) < 4.78 is 0. The maximum absolute atomic E-state index is 12.0. The van der Waals surface area contributed by atoms with Gasteiger partial charge in [0, 0.05) is 6.54 Å². The summed E-state index contributed by atoms with van der Waals surface area (Å²) in [4.78, 5) is 12.0. The maximum Gasteiger partial charge on any atom is 0.261 e. The number of phenols is 1. The van der Waals surface area contributed by atoms with E-state index in [4.69, 9.17) is 5.26 Å². The van der Waals surface area contributed by atoms with Gasteiger partial charge in [-0.05, 0) is 42.5 Å². The molecule has 0 bridgehead atoms. The number of nitrogens with zero attached hydrogens (tertiary/aromatic N) is 1. The Morgan fingerprint density at radius 3 is 2.57 bits per heavy atom. The topological polar surface area (TPSA) is 73.1 Å². The van der Waals surface area contributed by atoms with Crippen LogP contribution in [0.2, 0.25) is 0 Å². The second kappa shape index (κ2) is 7.49. The first-order chi connectivity index (χ1) is 10.2. The van der Waals surface area contributed by atoms with Gasteiger partial charge in [-0.25, -0.2) is 0 Å². The van der Waals surface area contributed by atoms with Crippen LogP contribution in [-0.2, 0) is 4.79 Å². The van der Waals surface area contributed by atoms with E-state index in [9.17, 15) is 9.90 Å². The first-order valence-electron chi connectivity index (χ1n) is 7.38. The standard InChI is InChI=1S/C17H20N2O2/c18-11-15(10-13-6-8-16(20)9-7-13)17(21)19-12-14-4-2-1-3-5-14/h6-10,14,20H,1-5,12H2,(H,19,21)/b15-10+. The molecule has 2 rings (SSSR count). The second-order valence-corrected chi connectivity index (χ2v) is 5.48. The number of hydrogen-bond acceptors (Lipinski definition) is 3. The third kappa shape index (κ3) is 4.64. The van der Waals surface area contributed by atoms with Crippen molar-refractivity contribution < 1.29 is 9.90 Å². The Labute approximate surface area is 125 Å². The van der Waals surface area contributed by atoms with E-state index in [-0.39, 0.29) is 17.2 Å². The molecule has 1 aliphatic rings. The summed E-state index contributed by atoms with van der Waals surface area (Å²) in [5, 5.41) is 21.2. The van der Waals surface area contributed by atoms with Crippen LogP contribution in [-0.4, -0.2) is 17.6 Å². The summed E-state index contributed by atoms with van der Waals surface area (Å²) in [6, 6.07) is 8.33. The summed E-state index contributed by atoms with van der Waals surface area (Å²) in [7, 11) is 0. The normalized spacial score (nSPS) is 16.2. The molecule has 1 saturated carbocycles. The van der Waals surface area contributed by atoms with Crippen molar-refractivity contribution in [2.75, 3.05) is 6.54 Å². The maximum atomic E-state index is 12.0. The number of nitriles is 1. The van der Waals surface area contributed by atoms with E-state index in [2.05, 4.69) is 5.32 Å². The molecule has 0 spiro atoms. The Morgan fingerprint density at radius 2 is 1.95 bits per heavy atom. The fourth-order valence-electron chi connectivity index (χ4n) is 2.61. The van der Waals surface area contributed by atoms with Gasteiger partial charge in [0.05, 0.1) is 0 Å². The van der Waals surface area contributed by atoms with E-state index in [1.165, 1.54) is 37.5 Å². The zero-order chi connectivity index (χ0) is 15.1. The highest BCUT2D eigenvalue weighted by molar-refractivity contribution is 6.01. The molecule has 0 saturated heterocycles. The van der Waals surface area contributed by atoms with Crippen molar-refractivity contribution in [2.45, 2.75) is 32.1 Å². The molecule has 1 aromatic rings. The van der Waals surface area contributed by atoms with Gasteiger partial charge in [-0.3, -0.25) is 4.79 Å². The third-order valence-corrected chi connectivity index (χ3v) is 3.85. The van der Waals surface area contributed by atoms with E-state index in [1.807, 2.05) is 6.07 Å². The SMILES string of the molecule is N#C/C(=C\c1ccc(O)cc1)C(=O)NCC1CCCCC1. The number of amides is 1. The zero-order valence-corrected chi connectivity index (χ0v) is 12.0. The minimum atomic E-state index is -0.323. The van der Waals surface area contributed by atoms with E-state index < -0.39 is 0 Å². The van der Waals surface area contributed by atoms with Gasteiger partial charge in [0.25, 0.3) is 5.91 Å². The molecular formula is C17H20N2O2. The highest BCUT2D eigenvalue weighted by Gasteiger charge is 2.15. The molecule has 4 nitrogen and oxygen atoms in total. The molecule has 0 aliphatic heterocycles. The molecule has 1 aromatic carbocycles. The van der Waals surface area contributed by atoms with Crippen LogP contribution in [0.5, 0.6) is 5.75 Å². The summed E-state index contributed by atoms with van der Waals surface area (Å²) >= 11 is 0. The van der Waals surface area contributed by atoms with Crippen LogP contribution in [0.25, 0.3) is 6.08 Å². The molecule has 21 heavy (non-hydrogen) atoms. The Morgan fingerprint density at radius 1 is 1.29 bits per heavy atom. The summed E-state index contributed by atoms with van der Waals surface area (Å²) in [6.45, 7) is 0.646. The lowest BCUT2D eigenvalue weighted by Crippen LogP contribution is -2.31. The number of phenolic OH excluding ortho intramolecular Hbond substituents is 1. The fourth-order valence-corrected chi connectivity index (χ4v) is 2.61. The second-order valence-electron chi connectivity index (χ2n) is 5.48. The molecule has 0 atom stereocenters. The quantitative estimate of drug-likeness (QED) is 0.659. The molecular weight excluding hydrogens is 264 g/mol. The van der Waals surface area contributed by atoms with Gasteiger partial charge in [0.2, 0.25) is 0 Å². The molecule has 1 fully saturated rings. The fraction of sp³-hybridized carbons (Fsp3) is 0.412. The lowest BCUT2D eigenvalue weighted by Gasteiger charge is -2.21. The van der Waals surface area contributed by atoms with Crippen molar-refractivity contribution in [2.24, 2.45) is 5.92 Å². The average Bonchev–Trinajstić information content (AvgIpc) is 2.53. The van der Waals surface area contributed by atoms with E-state index in [1.54, 1.807) is 12.1 Å². The highest BCUT2D eigenvalue weighted by atomic mass is 16.3. The monoisotopic (exact) mass is 284 g/mol. The van der Waals surface area contributed by atoms with E-state index in [0.29, 0.717) is 12.5 Å². The Kier molecular flexibility index (Phi) is 5.39. The molecule has 2 N–H and O–H groups in total. The Balaban J connectivity index is 1.94. The smallest absolute Gasteiger partial charge is 0.261 e. The molecule has 1 aliphatic carbocycles. The van der Waals surface area contributed by atoms with Crippen LogP contribution < -0.4 is 5.32 Å². The van der Waals surface area contributed by atoms with Gasteiger partial charge < -0.3 is 10.4 Å². The molecule has 0 unspecified atom stereocenters. The van der Waals surface area contributed by atoms with Crippen molar-refractivity contribution in [1.82, 2.24) is 5.32 Å². The summed E-state index contributed by atoms with van der Waals surface area (Å²) in [6.07, 6.45) is 7.60. The van der Waals surface area contributed by atoms with Gasteiger partial charge >= 0.3 is 0 Å². The molecule has 4 heteroatoms. The number of hydrogen-bond donors (Lipinski definition) is 2. The van der Waals surface area contributed by atoms with Crippen molar-refractivity contribution >= 4 is 12.0 Å². The van der Waals surface area contributed by atoms with Gasteiger partial charge in [-0.2, -0.15) is 5.26 Å². The van der Waals surface area contributed by atoms with Gasteiger partial charge in [0.1, 0.15) is 17.4 Å². The molecule has 0 aromatic heterocycles. The summed E-state index contributed by atoms with van der Waals surface area (Å²) in [5.74, 6) is 0.375.